The summed E-state index contributed by atoms with van der Waals surface area (Å²) in [7, 11) is -1.51. The fourth-order valence-corrected chi connectivity index (χ4v) is 8.53. The van der Waals surface area contributed by atoms with E-state index in [4.69, 9.17) is 42.6 Å². The van der Waals surface area contributed by atoms with Crippen LogP contribution < -0.4 is 5.32 Å². The van der Waals surface area contributed by atoms with Crippen molar-refractivity contribution >= 4 is 14.0 Å². The highest BCUT2D eigenvalue weighted by molar-refractivity contribution is 6.76. The number of hydrogen-bond donors (Lipinski definition) is 3. The van der Waals surface area contributed by atoms with Gasteiger partial charge in [-0.15, -0.1) is 0 Å². The summed E-state index contributed by atoms with van der Waals surface area (Å²) in [6.07, 6.45) is -8.28. The first kappa shape index (κ1) is 43.0. The van der Waals surface area contributed by atoms with Gasteiger partial charge >= 0.3 is 0 Å². The number of carbonyl (C=O) groups excluding carboxylic acids is 1. The largest absolute Gasteiger partial charge is 0.391 e. The summed E-state index contributed by atoms with van der Waals surface area (Å²) in [5.74, 6) is -3.41. The molecule has 0 spiro atoms. The van der Waals surface area contributed by atoms with Gasteiger partial charge in [0, 0.05) is 21.1 Å². The Morgan fingerprint density at radius 3 is 1.88 bits per heavy atom. The number of amides is 1. The first-order chi connectivity index (χ1) is 27.8. The topological polar surface area (TPSA) is 153 Å². The highest BCUT2D eigenvalue weighted by Crippen LogP contribution is 2.40. The van der Waals surface area contributed by atoms with Crippen LogP contribution in [0.4, 0.5) is 0 Å². The Morgan fingerprint density at radius 2 is 1.34 bits per heavy atom. The fourth-order valence-electron chi connectivity index (χ4n) is 7.80. The number of benzene rings is 3. The zero-order valence-corrected chi connectivity index (χ0v) is 35.1. The summed E-state index contributed by atoms with van der Waals surface area (Å²) in [4.78, 5) is 13.7. The summed E-state index contributed by atoms with van der Waals surface area (Å²) in [6.45, 7) is 11.4. The lowest BCUT2D eigenvalue weighted by atomic mass is 9.84. The number of nitrogens with one attached hydrogen (secondary N) is 1. The highest BCUT2D eigenvalue weighted by atomic mass is 28.3. The molecule has 3 aromatic carbocycles. The molecule has 0 aliphatic carbocycles. The molecule has 0 radical (unpaired) electrons. The number of rotatable bonds is 18. The number of carbonyl (C=O) groups is 1. The number of fused-ring (bicyclic) bond motifs is 3. The van der Waals surface area contributed by atoms with Crippen molar-refractivity contribution in [2.75, 3.05) is 19.8 Å². The first-order valence-corrected chi connectivity index (χ1v) is 24.0. The van der Waals surface area contributed by atoms with E-state index >= 15 is 0 Å². The van der Waals surface area contributed by atoms with Crippen molar-refractivity contribution in [3.8, 4) is 0 Å². The van der Waals surface area contributed by atoms with Crippen molar-refractivity contribution in [3.63, 3.8) is 0 Å². The quantitative estimate of drug-likeness (QED) is 0.153. The SMILES string of the molecule is CC1(C)OC[C@H]([C@@H](O)[C@@H]2O[C@]3(OC[C@H]4O[C@@H](OCC[Si](C)(C)C)[C@H](OCc5ccccc5)[C@@H](OCc5ccccc5)[C@@H]4OCc4ccccc4)C[C@H](O)[C@H]2NC3=O)O1. The lowest BCUT2D eigenvalue weighted by Gasteiger charge is -2.53. The summed E-state index contributed by atoms with van der Waals surface area (Å²) in [5, 5.41) is 25.6. The van der Waals surface area contributed by atoms with Crippen molar-refractivity contribution in [2.45, 2.75) is 139 Å². The second-order valence-corrected chi connectivity index (χ2v) is 22.9. The summed E-state index contributed by atoms with van der Waals surface area (Å²) in [5.41, 5.74) is 2.87. The molecule has 316 valence electrons. The third kappa shape index (κ3) is 10.6. The maximum atomic E-state index is 13.7. The normalized spacial score (nSPS) is 32.5. The Bertz CT molecular complexity index is 1750. The molecule has 5 aliphatic rings. The number of piperidine rings is 1. The van der Waals surface area contributed by atoms with Gasteiger partial charge < -0.3 is 58.2 Å². The molecular weight excluding hydrogens is 763 g/mol. The van der Waals surface area contributed by atoms with E-state index in [0.717, 1.165) is 22.7 Å². The average Bonchev–Trinajstić information content (AvgIpc) is 3.58. The van der Waals surface area contributed by atoms with Gasteiger partial charge in [-0.1, -0.05) is 111 Å². The Balaban J connectivity index is 1.19. The van der Waals surface area contributed by atoms with Crippen LogP contribution in [0.25, 0.3) is 0 Å². The number of hydrogen-bond acceptors (Lipinski definition) is 12. The van der Waals surface area contributed by atoms with Gasteiger partial charge in [0.25, 0.3) is 11.7 Å². The minimum absolute atomic E-state index is 0.117. The van der Waals surface area contributed by atoms with Crippen LogP contribution in [-0.2, 0) is 67.2 Å². The van der Waals surface area contributed by atoms with Gasteiger partial charge in [0.05, 0.1) is 45.2 Å². The molecule has 8 rings (SSSR count). The minimum Gasteiger partial charge on any atom is -0.391 e. The smallest absolute Gasteiger partial charge is 0.280 e. The molecule has 14 heteroatoms. The van der Waals surface area contributed by atoms with Crippen LogP contribution >= 0.6 is 0 Å². The van der Waals surface area contributed by atoms with Crippen molar-refractivity contribution in [2.24, 2.45) is 0 Å². The molecule has 3 N–H and O–H groups in total. The van der Waals surface area contributed by atoms with E-state index in [-0.39, 0.29) is 39.5 Å². The van der Waals surface area contributed by atoms with E-state index in [0.29, 0.717) is 6.61 Å². The number of ether oxygens (including phenoxy) is 9. The zero-order valence-electron chi connectivity index (χ0n) is 34.1. The van der Waals surface area contributed by atoms with Crippen LogP contribution in [0.5, 0.6) is 0 Å². The maximum Gasteiger partial charge on any atom is 0.280 e. The van der Waals surface area contributed by atoms with Crippen molar-refractivity contribution in [1.29, 1.82) is 0 Å². The molecule has 0 aromatic heterocycles. The Kier molecular flexibility index (Phi) is 13.8. The van der Waals surface area contributed by atoms with Gasteiger partial charge in [0.1, 0.15) is 42.7 Å². The van der Waals surface area contributed by atoms with Crippen LogP contribution in [-0.4, -0.2) is 117 Å². The second-order valence-electron chi connectivity index (χ2n) is 17.3. The second kappa shape index (κ2) is 18.7. The molecular formula is C44H59NO12Si. The zero-order chi connectivity index (χ0) is 40.9. The van der Waals surface area contributed by atoms with E-state index in [1.807, 2.05) is 91.0 Å². The van der Waals surface area contributed by atoms with Gasteiger partial charge in [-0.05, 0) is 36.6 Å². The van der Waals surface area contributed by atoms with Crippen LogP contribution in [0.2, 0.25) is 25.7 Å². The molecule has 5 saturated heterocycles. The van der Waals surface area contributed by atoms with Crippen LogP contribution in [0.15, 0.2) is 91.0 Å². The van der Waals surface area contributed by atoms with Crippen LogP contribution in [0, 0.1) is 0 Å². The molecule has 5 fully saturated rings. The van der Waals surface area contributed by atoms with E-state index in [1.54, 1.807) is 13.8 Å². The Morgan fingerprint density at radius 1 is 0.793 bits per heavy atom. The summed E-state index contributed by atoms with van der Waals surface area (Å²) < 4.78 is 58.2. The predicted molar refractivity (Wildman–Crippen MR) is 215 cm³/mol. The third-order valence-electron chi connectivity index (χ3n) is 11.0. The van der Waals surface area contributed by atoms with Gasteiger partial charge in [0.15, 0.2) is 12.1 Å². The number of aliphatic hydroxyl groups is 2. The molecule has 5 aliphatic heterocycles. The maximum absolute atomic E-state index is 13.7. The summed E-state index contributed by atoms with van der Waals surface area (Å²) in [6, 6.07) is 29.6. The molecule has 1 amide bonds. The van der Waals surface area contributed by atoms with Crippen molar-refractivity contribution < 1.29 is 57.6 Å². The predicted octanol–water partition coefficient (Wildman–Crippen LogP) is 4.70. The van der Waals surface area contributed by atoms with Crippen LogP contribution in [0.1, 0.15) is 37.0 Å². The minimum atomic E-state index is -1.95. The standard InChI is InChI=1S/C44H59NO12Si/c1-43(2)53-27-33(56-43)36(47)38-35-32(46)23-44(57-38,42(48)45-35)54-28-34-37(50-24-29-15-9-6-10-16-29)39(51-25-30-17-11-7-12-18-30)40(52-26-31-19-13-8-14-20-31)41(55-34)49-21-22-58(3,4)5/h6-20,32-41,46-47H,21-28H2,1-5H3,(H,45,48)/t32-,33+,34+,35+,36+,37+,38+,39-,40+,41+,44+/m0/s1. The molecule has 11 atom stereocenters. The van der Waals surface area contributed by atoms with E-state index in [2.05, 4.69) is 25.0 Å². The molecule has 2 bridgehead atoms. The van der Waals surface area contributed by atoms with Gasteiger partial charge in [0.2, 0.25) is 0 Å². The molecule has 13 nitrogen and oxygen atoms in total. The van der Waals surface area contributed by atoms with Gasteiger partial charge in [-0.2, -0.15) is 0 Å². The van der Waals surface area contributed by atoms with Crippen molar-refractivity contribution in [3.05, 3.63) is 108 Å². The Hall–Kier alpha value is -3.09. The number of morpholine rings is 1. The third-order valence-corrected chi connectivity index (χ3v) is 12.7. The monoisotopic (exact) mass is 821 g/mol. The molecule has 3 aromatic rings. The van der Waals surface area contributed by atoms with Gasteiger partial charge in [-0.25, -0.2) is 0 Å². The fraction of sp³-hybridized carbons (Fsp3) is 0.568. The molecule has 0 unspecified atom stereocenters. The number of aliphatic hydroxyl groups excluding tert-OH is 2. The summed E-state index contributed by atoms with van der Waals surface area (Å²) >= 11 is 0. The van der Waals surface area contributed by atoms with E-state index in [1.165, 1.54) is 0 Å². The lowest BCUT2D eigenvalue weighted by Crippen LogP contribution is -2.76. The molecule has 0 saturated carbocycles. The Labute approximate surface area is 342 Å². The van der Waals surface area contributed by atoms with Crippen molar-refractivity contribution in [1.82, 2.24) is 5.32 Å². The molecule has 5 heterocycles. The average molecular weight is 822 g/mol. The lowest BCUT2D eigenvalue weighted by molar-refractivity contribution is -0.353. The molecule has 58 heavy (non-hydrogen) atoms. The van der Waals surface area contributed by atoms with Gasteiger partial charge in [-0.3, -0.25) is 4.79 Å². The highest BCUT2D eigenvalue weighted by Gasteiger charge is 2.62. The first-order valence-electron chi connectivity index (χ1n) is 20.3. The van der Waals surface area contributed by atoms with Crippen LogP contribution in [0.3, 0.4) is 0 Å². The van der Waals surface area contributed by atoms with E-state index < -0.39 is 86.7 Å². The van der Waals surface area contributed by atoms with E-state index in [9.17, 15) is 15.0 Å².